The molecule has 0 bridgehead atoms. The summed E-state index contributed by atoms with van der Waals surface area (Å²) in [7, 11) is 2.03. The molecule has 5 heteroatoms. The Morgan fingerprint density at radius 3 is 2.90 bits per heavy atom. The number of imidazole rings is 1. The first-order chi connectivity index (χ1) is 10.1. The molecule has 0 amide bonds. The van der Waals surface area contributed by atoms with Gasteiger partial charge in [-0.15, -0.1) is 0 Å². The molecule has 2 heterocycles. The monoisotopic (exact) mass is 296 g/mol. The van der Waals surface area contributed by atoms with Crippen molar-refractivity contribution in [3.8, 4) is 0 Å². The number of nitrogens with zero attached hydrogens (tertiary/aromatic N) is 3. The van der Waals surface area contributed by atoms with Gasteiger partial charge in [0.1, 0.15) is 10.6 Å². The summed E-state index contributed by atoms with van der Waals surface area (Å²) in [6.07, 6.45) is 4.04. The molecule has 0 fully saturated rings. The molecular formula is C16H16N4S. The average molecular weight is 296 g/mol. The molecule has 2 N–H and O–H groups in total. The fourth-order valence-electron chi connectivity index (χ4n) is 2.29. The Morgan fingerprint density at radius 1 is 1.29 bits per heavy atom. The van der Waals surface area contributed by atoms with E-state index in [1.165, 1.54) is 0 Å². The normalized spacial score (nSPS) is 10.7. The number of hydrogen-bond acceptors (Lipinski definition) is 3. The van der Waals surface area contributed by atoms with Gasteiger partial charge in [-0.25, -0.2) is 4.98 Å². The first-order valence-corrected chi connectivity index (χ1v) is 7.08. The number of aromatic nitrogens is 2. The molecule has 1 aromatic carbocycles. The number of nitrogens with two attached hydrogens (primary N) is 1. The molecular weight excluding hydrogens is 280 g/mol. The zero-order valence-electron chi connectivity index (χ0n) is 11.7. The van der Waals surface area contributed by atoms with E-state index in [-0.39, 0.29) is 0 Å². The predicted molar refractivity (Wildman–Crippen MR) is 89.6 cm³/mol. The van der Waals surface area contributed by atoms with Crippen LogP contribution in [-0.4, -0.2) is 21.4 Å². The molecule has 2 aromatic heterocycles. The molecule has 0 atom stereocenters. The van der Waals surface area contributed by atoms with Gasteiger partial charge in [0.05, 0.1) is 12.2 Å². The smallest absolute Gasteiger partial charge is 0.137 e. The minimum absolute atomic E-state index is 0.415. The van der Waals surface area contributed by atoms with E-state index in [0.29, 0.717) is 4.99 Å². The lowest BCUT2D eigenvalue weighted by Gasteiger charge is -2.18. The van der Waals surface area contributed by atoms with Crippen molar-refractivity contribution in [1.82, 2.24) is 9.38 Å². The summed E-state index contributed by atoms with van der Waals surface area (Å²) in [4.78, 5) is 7.15. The van der Waals surface area contributed by atoms with Crippen molar-refractivity contribution < 1.29 is 0 Å². The van der Waals surface area contributed by atoms with E-state index in [4.69, 9.17) is 18.0 Å². The lowest BCUT2D eigenvalue weighted by molar-refractivity contribution is 0.896. The quantitative estimate of drug-likeness (QED) is 0.752. The molecule has 0 saturated carbocycles. The third-order valence-electron chi connectivity index (χ3n) is 3.38. The van der Waals surface area contributed by atoms with E-state index in [1.54, 1.807) is 0 Å². The summed E-state index contributed by atoms with van der Waals surface area (Å²) in [6, 6.07) is 13.9. The van der Waals surface area contributed by atoms with Gasteiger partial charge in [0.15, 0.2) is 0 Å². The van der Waals surface area contributed by atoms with Crippen LogP contribution in [0.25, 0.3) is 5.65 Å². The highest BCUT2D eigenvalue weighted by Crippen LogP contribution is 2.17. The van der Waals surface area contributed by atoms with Crippen LogP contribution in [0.5, 0.6) is 0 Å². The highest BCUT2D eigenvalue weighted by molar-refractivity contribution is 7.80. The van der Waals surface area contributed by atoms with Crippen LogP contribution in [0.4, 0.5) is 5.69 Å². The van der Waals surface area contributed by atoms with Gasteiger partial charge >= 0.3 is 0 Å². The lowest BCUT2D eigenvalue weighted by atomic mass is 10.2. The first kappa shape index (κ1) is 13.6. The number of benzene rings is 1. The van der Waals surface area contributed by atoms with Gasteiger partial charge in [0.2, 0.25) is 0 Å². The minimum Gasteiger partial charge on any atom is -0.389 e. The van der Waals surface area contributed by atoms with Crippen LogP contribution >= 0.6 is 12.2 Å². The summed E-state index contributed by atoms with van der Waals surface area (Å²) in [5, 5.41) is 0. The zero-order chi connectivity index (χ0) is 14.8. The van der Waals surface area contributed by atoms with E-state index in [9.17, 15) is 0 Å². The second-order valence-electron chi connectivity index (χ2n) is 4.97. The van der Waals surface area contributed by atoms with Gasteiger partial charge in [-0.05, 0) is 24.3 Å². The number of rotatable bonds is 4. The maximum Gasteiger partial charge on any atom is 0.137 e. The topological polar surface area (TPSA) is 46.6 Å². The Kier molecular flexibility index (Phi) is 3.58. The van der Waals surface area contributed by atoms with Gasteiger partial charge in [-0.1, -0.05) is 30.4 Å². The summed E-state index contributed by atoms with van der Waals surface area (Å²) in [5.41, 5.74) is 9.60. The van der Waals surface area contributed by atoms with Crippen molar-refractivity contribution in [2.45, 2.75) is 6.54 Å². The van der Waals surface area contributed by atoms with E-state index in [0.717, 1.165) is 29.1 Å². The third kappa shape index (κ3) is 2.87. The molecule has 0 aliphatic rings. The number of fused-ring (bicyclic) bond motifs is 1. The van der Waals surface area contributed by atoms with Crippen LogP contribution in [-0.2, 0) is 6.54 Å². The van der Waals surface area contributed by atoms with Gasteiger partial charge in [0, 0.05) is 30.7 Å². The zero-order valence-corrected chi connectivity index (χ0v) is 12.5. The standard InChI is InChI=1S/C16H16N4S/c1-19(14-6-4-5-12(9-14)16(17)21)10-13-11-20-8-3-2-7-15(20)18-13/h2-9,11H,10H2,1H3,(H2,17,21). The second kappa shape index (κ2) is 5.54. The maximum atomic E-state index is 5.68. The highest BCUT2D eigenvalue weighted by Gasteiger charge is 2.07. The van der Waals surface area contributed by atoms with E-state index in [1.807, 2.05) is 66.3 Å². The number of hydrogen-bond donors (Lipinski definition) is 1. The van der Waals surface area contributed by atoms with Crippen molar-refractivity contribution in [2.75, 3.05) is 11.9 Å². The van der Waals surface area contributed by atoms with E-state index >= 15 is 0 Å². The minimum atomic E-state index is 0.415. The maximum absolute atomic E-state index is 5.68. The molecule has 106 valence electrons. The van der Waals surface area contributed by atoms with Crippen molar-refractivity contribution in [3.63, 3.8) is 0 Å². The Labute approximate surface area is 128 Å². The van der Waals surface area contributed by atoms with Crippen molar-refractivity contribution in [2.24, 2.45) is 5.73 Å². The predicted octanol–water partition coefficient (Wildman–Crippen LogP) is 2.60. The number of pyridine rings is 1. The third-order valence-corrected chi connectivity index (χ3v) is 3.62. The van der Waals surface area contributed by atoms with Crippen LogP contribution in [0.2, 0.25) is 0 Å². The Bertz CT molecular complexity index is 761. The molecule has 4 nitrogen and oxygen atoms in total. The molecule has 0 aliphatic heterocycles. The SMILES string of the molecule is CN(Cc1cn2ccccc2n1)c1cccc(C(N)=S)c1. The molecule has 0 radical (unpaired) electrons. The number of thiocarbonyl (C=S) groups is 1. The highest BCUT2D eigenvalue weighted by atomic mass is 32.1. The largest absolute Gasteiger partial charge is 0.389 e. The number of anilines is 1. The Balaban J connectivity index is 1.83. The Morgan fingerprint density at radius 2 is 2.14 bits per heavy atom. The van der Waals surface area contributed by atoms with Crippen molar-refractivity contribution in [1.29, 1.82) is 0 Å². The fourth-order valence-corrected chi connectivity index (χ4v) is 2.42. The van der Waals surface area contributed by atoms with E-state index < -0.39 is 0 Å². The second-order valence-corrected chi connectivity index (χ2v) is 5.41. The molecule has 0 aliphatic carbocycles. The average Bonchev–Trinajstić information content (AvgIpc) is 2.89. The van der Waals surface area contributed by atoms with Gasteiger partial charge in [0.25, 0.3) is 0 Å². The summed E-state index contributed by atoms with van der Waals surface area (Å²) >= 11 is 5.03. The molecule has 0 saturated heterocycles. The van der Waals surface area contributed by atoms with Gasteiger partial charge in [-0.2, -0.15) is 0 Å². The fraction of sp³-hybridized carbons (Fsp3) is 0.125. The van der Waals surface area contributed by atoms with E-state index in [2.05, 4.69) is 9.88 Å². The lowest BCUT2D eigenvalue weighted by Crippen LogP contribution is -2.17. The van der Waals surface area contributed by atoms with Crippen LogP contribution in [0.15, 0.2) is 54.9 Å². The van der Waals surface area contributed by atoms with Crippen LogP contribution in [0, 0.1) is 0 Å². The molecule has 3 rings (SSSR count). The van der Waals surface area contributed by atoms with Gasteiger partial charge in [-0.3, -0.25) is 0 Å². The van der Waals surface area contributed by atoms with Crippen LogP contribution in [0.3, 0.4) is 0 Å². The summed E-state index contributed by atoms with van der Waals surface area (Å²) in [5.74, 6) is 0. The summed E-state index contributed by atoms with van der Waals surface area (Å²) in [6.45, 7) is 0.725. The molecule has 3 aromatic rings. The first-order valence-electron chi connectivity index (χ1n) is 6.67. The van der Waals surface area contributed by atoms with Crippen LogP contribution in [0.1, 0.15) is 11.3 Å². The Hall–Kier alpha value is -2.40. The van der Waals surface area contributed by atoms with Crippen molar-refractivity contribution >= 4 is 28.5 Å². The molecule has 0 unspecified atom stereocenters. The van der Waals surface area contributed by atoms with Crippen molar-refractivity contribution in [3.05, 3.63) is 66.1 Å². The summed E-state index contributed by atoms with van der Waals surface area (Å²) < 4.78 is 2.02. The molecule has 21 heavy (non-hydrogen) atoms. The molecule has 0 spiro atoms. The van der Waals surface area contributed by atoms with Crippen LogP contribution < -0.4 is 10.6 Å². The van der Waals surface area contributed by atoms with Gasteiger partial charge < -0.3 is 15.0 Å².